The van der Waals surface area contributed by atoms with E-state index in [0.29, 0.717) is 34.9 Å². The third-order valence-electron chi connectivity index (χ3n) is 4.99. The Morgan fingerprint density at radius 2 is 2.07 bits per heavy atom. The van der Waals surface area contributed by atoms with Crippen LogP contribution in [-0.2, 0) is 20.0 Å². The smallest absolute Gasteiger partial charge is 0.327 e. The summed E-state index contributed by atoms with van der Waals surface area (Å²) in [4.78, 5) is 36.7. The van der Waals surface area contributed by atoms with Crippen LogP contribution in [0.3, 0.4) is 0 Å². The Kier molecular flexibility index (Phi) is 3.92. The molecule has 4 heterocycles. The molecule has 5 rings (SSSR count). The summed E-state index contributed by atoms with van der Waals surface area (Å²) >= 11 is 6.15. The largest absolute Gasteiger partial charge is 0.361 e. The van der Waals surface area contributed by atoms with Crippen molar-refractivity contribution in [3.05, 3.63) is 68.2 Å². The van der Waals surface area contributed by atoms with Crippen molar-refractivity contribution < 1.29 is 0 Å². The molecule has 3 N–H and O–H groups in total. The lowest BCUT2D eigenvalue weighted by Crippen LogP contribution is -2.21. The molecule has 0 saturated heterocycles. The molecule has 9 nitrogen and oxygen atoms in total. The third-order valence-corrected chi connectivity index (χ3v) is 5.23. The highest BCUT2D eigenvalue weighted by atomic mass is 35.5. The molecule has 146 valence electrons. The highest BCUT2D eigenvalue weighted by Crippen LogP contribution is 2.26. The van der Waals surface area contributed by atoms with Gasteiger partial charge in [-0.3, -0.25) is 19.4 Å². The van der Waals surface area contributed by atoms with E-state index >= 15 is 0 Å². The van der Waals surface area contributed by atoms with Gasteiger partial charge in [0.25, 0.3) is 5.56 Å². The molecular weight excluding hydrogens is 394 g/mol. The van der Waals surface area contributed by atoms with E-state index in [2.05, 4.69) is 25.0 Å². The number of nitrogens with zero attached hydrogens (tertiary/aromatic N) is 4. The van der Waals surface area contributed by atoms with Gasteiger partial charge in [0, 0.05) is 48.1 Å². The first-order chi connectivity index (χ1) is 14.0. The average Bonchev–Trinajstić information content (AvgIpc) is 3.36. The molecule has 5 aromatic rings. The molecule has 0 atom stereocenters. The molecule has 0 amide bonds. The molecule has 0 aliphatic rings. The summed E-state index contributed by atoms with van der Waals surface area (Å²) in [6, 6.07) is 5.70. The molecule has 10 heteroatoms. The van der Waals surface area contributed by atoms with Crippen molar-refractivity contribution in [1.29, 1.82) is 0 Å². The quantitative estimate of drug-likeness (QED) is 0.421. The molecule has 0 unspecified atom stereocenters. The Hall–Kier alpha value is -3.59. The Bertz CT molecular complexity index is 1480. The third kappa shape index (κ3) is 2.87. The first-order valence-corrected chi connectivity index (χ1v) is 9.35. The van der Waals surface area contributed by atoms with E-state index in [9.17, 15) is 9.59 Å². The number of nitrogens with one attached hydrogen (secondary N) is 3. The SMILES string of the molecule is Cn1ccnc1-c1c2c(=O)[nH]c(=O)[nH]c2nn1CCc1c[nH]c2ccc(Cl)cc12. The maximum atomic E-state index is 12.5. The number of aryl methyl sites for hydroxylation is 3. The molecule has 0 saturated carbocycles. The summed E-state index contributed by atoms with van der Waals surface area (Å²) in [5.41, 5.74) is 1.79. The zero-order valence-electron chi connectivity index (χ0n) is 15.4. The molecule has 0 aliphatic carbocycles. The summed E-state index contributed by atoms with van der Waals surface area (Å²) in [5, 5.41) is 6.49. The highest BCUT2D eigenvalue weighted by molar-refractivity contribution is 6.31. The van der Waals surface area contributed by atoms with Crippen LogP contribution in [0.4, 0.5) is 0 Å². The Balaban J connectivity index is 1.63. The van der Waals surface area contributed by atoms with Crippen molar-refractivity contribution >= 4 is 33.5 Å². The number of hydrogen-bond donors (Lipinski definition) is 3. The number of benzene rings is 1. The molecule has 1 aromatic carbocycles. The van der Waals surface area contributed by atoms with Gasteiger partial charge < -0.3 is 9.55 Å². The average molecular weight is 410 g/mol. The van der Waals surface area contributed by atoms with Crippen LogP contribution in [0.15, 0.2) is 46.4 Å². The predicted molar refractivity (Wildman–Crippen MR) is 110 cm³/mol. The molecule has 0 fully saturated rings. The van der Waals surface area contributed by atoms with E-state index in [-0.39, 0.29) is 5.65 Å². The minimum absolute atomic E-state index is 0.235. The van der Waals surface area contributed by atoms with Gasteiger partial charge in [0.2, 0.25) is 0 Å². The normalized spacial score (nSPS) is 11.7. The molecule has 0 bridgehead atoms. The minimum Gasteiger partial charge on any atom is -0.361 e. The Morgan fingerprint density at radius 1 is 1.21 bits per heavy atom. The Morgan fingerprint density at radius 3 is 2.86 bits per heavy atom. The maximum Gasteiger partial charge on any atom is 0.327 e. The topological polar surface area (TPSA) is 117 Å². The zero-order chi connectivity index (χ0) is 20.1. The van der Waals surface area contributed by atoms with Crippen LogP contribution in [0.2, 0.25) is 5.02 Å². The van der Waals surface area contributed by atoms with E-state index in [1.807, 2.05) is 36.0 Å². The van der Waals surface area contributed by atoms with Crippen molar-refractivity contribution in [2.24, 2.45) is 7.05 Å². The fraction of sp³-hybridized carbons (Fsp3) is 0.158. The summed E-state index contributed by atoms with van der Waals surface area (Å²) in [6.07, 6.45) is 6.04. The molecule has 29 heavy (non-hydrogen) atoms. The second-order valence-electron chi connectivity index (χ2n) is 6.82. The number of halogens is 1. The second-order valence-corrected chi connectivity index (χ2v) is 7.26. The van der Waals surface area contributed by atoms with Crippen LogP contribution in [0.1, 0.15) is 5.56 Å². The van der Waals surface area contributed by atoms with Crippen LogP contribution >= 0.6 is 11.6 Å². The lowest BCUT2D eigenvalue weighted by atomic mass is 10.1. The van der Waals surface area contributed by atoms with Gasteiger partial charge in [-0.1, -0.05) is 11.6 Å². The number of aromatic nitrogens is 7. The standard InChI is InChI=1S/C19H16ClN7O2/c1-26-7-5-21-17(26)15-14-16(23-19(29)24-18(14)28)25-27(15)6-4-10-9-22-13-3-2-11(20)8-12(10)13/h2-3,5,7-9,22H,4,6H2,1H3,(H2,23,24,25,28,29). The second kappa shape index (κ2) is 6.49. The van der Waals surface area contributed by atoms with E-state index in [4.69, 9.17) is 11.6 Å². The molecule has 0 aliphatic heterocycles. The van der Waals surface area contributed by atoms with Crippen LogP contribution in [0.5, 0.6) is 0 Å². The number of rotatable bonds is 4. The maximum absolute atomic E-state index is 12.5. The number of hydrogen-bond acceptors (Lipinski definition) is 4. The van der Waals surface area contributed by atoms with Gasteiger partial charge in [-0.2, -0.15) is 5.10 Å². The van der Waals surface area contributed by atoms with Crippen LogP contribution in [0, 0.1) is 0 Å². The summed E-state index contributed by atoms with van der Waals surface area (Å²) in [7, 11) is 1.84. The predicted octanol–water partition coefficient (Wildman–Crippen LogP) is 2.19. The molecule has 4 aromatic heterocycles. The summed E-state index contributed by atoms with van der Waals surface area (Å²) in [6.45, 7) is 0.484. The van der Waals surface area contributed by atoms with E-state index in [0.717, 1.165) is 16.5 Å². The summed E-state index contributed by atoms with van der Waals surface area (Å²) in [5.74, 6) is 0.590. The van der Waals surface area contributed by atoms with Gasteiger partial charge in [-0.15, -0.1) is 0 Å². The molecular formula is C19H16ClN7O2. The van der Waals surface area contributed by atoms with Gasteiger partial charge in [0.1, 0.15) is 11.1 Å². The van der Waals surface area contributed by atoms with Crippen molar-refractivity contribution in [3.63, 3.8) is 0 Å². The van der Waals surface area contributed by atoms with Gasteiger partial charge in [0.05, 0.1) is 0 Å². The van der Waals surface area contributed by atoms with Crippen molar-refractivity contribution in [1.82, 2.24) is 34.3 Å². The zero-order valence-corrected chi connectivity index (χ0v) is 16.1. The van der Waals surface area contributed by atoms with Gasteiger partial charge in [0.15, 0.2) is 11.5 Å². The van der Waals surface area contributed by atoms with Crippen LogP contribution < -0.4 is 11.2 Å². The van der Waals surface area contributed by atoms with Gasteiger partial charge in [-0.25, -0.2) is 9.78 Å². The van der Waals surface area contributed by atoms with Gasteiger partial charge in [-0.05, 0) is 30.2 Å². The monoisotopic (exact) mass is 409 g/mol. The number of H-pyrrole nitrogens is 3. The lowest BCUT2D eigenvalue weighted by molar-refractivity contribution is 0.623. The Labute approximate surface area is 168 Å². The van der Waals surface area contributed by atoms with Crippen LogP contribution in [-0.4, -0.2) is 34.3 Å². The van der Waals surface area contributed by atoms with E-state index in [1.54, 1.807) is 17.1 Å². The summed E-state index contributed by atoms with van der Waals surface area (Å²) < 4.78 is 3.52. The van der Waals surface area contributed by atoms with Crippen molar-refractivity contribution in [2.45, 2.75) is 13.0 Å². The van der Waals surface area contributed by atoms with Crippen molar-refractivity contribution in [3.8, 4) is 11.5 Å². The van der Waals surface area contributed by atoms with Crippen molar-refractivity contribution in [2.75, 3.05) is 0 Å². The fourth-order valence-corrected chi connectivity index (χ4v) is 3.81. The minimum atomic E-state index is -0.593. The first kappa shape index (κ1) is 17.5. The van der Waals surface area contributed by atoms with Gasteiger partial charge >= 0.3 is 5.69 Å². The number of fused-ring (bicyclic) bond motifs is 2. The number of aromatic amines is 3. The number of imidazole rings is 1. The van der Waals surface area contributed by atoms with E-state index in [1.165, 1.54) is 0 Å². The lowest BCUT2D eigenvalue weighted by Gasteiger charge is -2.07. The highest BCUT2D eigenvalue weighted by Gasteiger charge is 2.20. The van der Waals surface area contributed by atoms with Crippen LogP contribution in [0.25, 0.3) is 33.5 Å². The fourth-order valence-electron chi connectivity index (χ4n) is 3.64. The molecule has 0 radical (unpaired) electrons. The van der Waals surface area contributed by atoms with E-state index < -0.39 is 11.2 Å². The first-order valence-electron chi connectivity index (χ1n) is 8.97. The molecule has 0 spiro atoms.